The van der Waals surface area contributed by atoms with Gasteiger partial charge in [0, 0.05) is 26.2 Å². The predicted octanol–water partition coefficient (Wildman–Crippen LogP) is 1.53. The second kappa shape index (κ2) is 5.99. The molecule has 2 aliphatic rings. The summed E-state index contributed by atoms with van der Waals surface area (Å²) in [5, 5.41) is 7.16. The van der Waals surface area contributed by atoms with Crippen LogP contribution in [0.15, 0.2) is 0 Å². The second-order valence-electron chi connectivity index (χ2n) is 5.40. The van der Waals surface area contributed by atoms with Crippen molar-refractivity contribution in [2.75, 3.05) is 32.8 Å². The summed E-state index contributed by atoms with van der Waals surface area (Å²) >= 11 is 0. The molecule has 0 spiro atoms. The second-order valence-corrected chi connectivity index (χ2v) is 5.40. The summed E-state index contributed by atoms with van der Waals surface area (Å²) < 4.78 is 5.63. The highest BCUT2D eigenvalue weighted by Crippen LogP contribution is 2.29. The average molecular weight is 226 g/mol. The molecule has 0 radical (unpaired) electrons. The van der Waals surface area contributed by atoms with Crippen LogP contribution in [0.5, 0.6) is 0 Å². The molecule has 16 heavy (non-hydrogen) atoms. The van der Waals surface area contributed by atoms with Crippen LogP contribution in [-0.4, -0.2) is 38.9 Å². The van der Waals surface area contributed by atoms with Gasteiger partial charge in [0.05, 0.1) is 6.10 Å². The molecule has 2 rings (SSSR count). The van der Waals surface area contributed by atoms with Gasteiger partial charge in [-0.15, -0.1) is 0 Å². The molecule has 0 aliphatic carbocycles. The van der Waals surface area contributed by atoms with Crippen LogP contribution in [-0.2, 0) is 4.74 Å². The van der Waals surface area contributed by atoms with Gasteiger partial charge in [-0.25, -0.2) is 0 Å². The van der Waals surface area contributed by atoms with E-state index in [9.17, 15) is 0 Å². The third kappa shape index (κ3) is 3.19. The summed E-state index contributed by atoms with van der Waals surface area (Å²) in [6, 6.07) is 0. The Kier molecular flexibility index (Phi) is 4.62. The standard InChI is InChI=1S/C13H26N2O/c1-2-13(6-4-7-14-10-13)11-15-9-12-5-3-8-16-12/h12,14-15H,2-11H2,1H3. The van der Waals surface area contributed by atoms with Crippen LogP contribution in [0, 0.1) is 5.41 Å². The molecule has 0 amide bonds. The molecule has 2 heterocycles. The minimum atomic E-state index is 0.477. The molecule has 3 heteroatoms. The molecular formula is C13H26N2O. The number of rotatable bonds is 5. The fourth-order valence-electron chi connectivity index (χ4n) is 2.91. The van der Waals surface area contributed by atoms with Crippen LogP contribution >= 0.6 is 0 Å². The van der Waals surface area contributed by atoms with Gasteiger partial charge < -0.3 is 15.4 Å². The molecule has 2 saturated heterocycles. The first-order valence-electron chi connectivity index (χ1n) is 6.88. The molecule has 2 atom stereocenters. The summed E-state index contributed by atoms with van der Waals surface area (Å²) in [6.07, 6.45) is 6.94. The minimum absolute atomic E-state index is 0.477. The van der Waals surface area contributed by atoms with E-state index >= 15 is 0 Å². The summed E-state index contributed by atoms with van der Waals surface area (Å²) in [5.41, 5.74) is 0.497. The zero-order chi connectivity index (χ0) is 11.3. The number of nitrogens with one attached hydrogen (secondary N) is 2. The topological polar surface area (TPSA) is 33.3 Å². The molecule has 0 aromatic carbocycles. The fraction of sp³-hybridized carbons (Fsp3) is 1.00. The monoisotopic (exact) mass is 226 g/mol. The van der Waals surface area contributed by atoms with Crippen molar-refractivity contribution in [1.29, 1.82) is 0 Å². The van der Waals surface area contributed by atoms with Gasteiger partial charge in [-0.1, -0.05) is 6.92 Å². The first-order chi connectivity index (χ1) is 7.85. The molecule has 3 nitrogen and oxygen atoms in total. The molecule has 0 aromatic rings. The van der Waals surface area contributed by atoms with E-state index in [0.29, 0.717) is 11.5 Å². The van der Waals surface area contributed by atoms with Crippen LogP contribution in [0.1, 0.15) is 39.0 Å². The first-order valence-corrected chi connectivity index (χ1v) is 6.88. The van der Waals surface area contributed by atoms with E-state index in [0.717, 1.165) is 19.7 Å². The van der Waals surface area contributed by atoms with E-state index in [1.165, 1.54) is 45.2 Å². The minimum Gasteiger partial charge on any atom is -0.377 e. The Balaban J connectivity index is 1.69. The smallest absolute Gasteiger partial charge is 0.0700 e. The van der Waals surface area contributed by atoms with E-state index in [-0.39, 0.29) is 0 Å². The molecule has 0 bridgehead atoms. The lowest BCUT2D eigenvalue weighted by atomic mass is 9.78. The van der Waals surface area contributed by atoms with E-state index in [4.69, 9.17) is 4.74 Å². The Morgan fingerprint density at radius 2 is 2.38 bits per heavy atom. The molecule has 0 saturated carbocycles. The summed E-state index contributed by atoms with van der Waals surface area (Å²) in [7, 11) is 0. The fourth-order valence-corrected chi connectivity index (χ4v) is 2.91. The Morgan fingerprint density at radius 3 is 3.00 bits per heavy atom. The summed E-state index contributed by atoms with van der Waals surface area (Å²) in [4.78, 5) is 0. The number of hydrogen-bond donors (Lipinski definition) is 2. The van der Waals surface area contributed by atoms with Crippen LogP contribution < -0.4 is 10.6 Å². The lowest BCUT2D eigenvalue weighted by Gasteiger charge is -2.37. The van der Waals surface area contributed by atoms with E-state index in [2.05, 4.69) is 17.6 Å². The third-order valence-corrected chi connectivity index (χ3v) is 4.21. The Morgan fingerprint density at radius 1 is 1.44 bits per heavy atom. The Bertz CT molecular complexity index is 196. The van der Waals surface area contributed by atoms with Crippen molar-refractivity contribution >= 4 is 0 Å². The lowest BCUT2D eigenvalue weighted by Crippen LogP contribution is -2.47. The molecule has 94 valence electrons. The number of piperidine rings is 1. The van der Waals surface area contributed by atoms with Gasteiger partial charge in [0.15, 0.2) is 0 Å². The normalized spacial score (nSPS) is 35.4. The Hall–Kier alpha value is -0.120. The van der Waals surface area contributed by atoms with Crippen molar-refractivity contribution in [3.8, 4) is 0 Å². The summed E-state index contributed by atoms with van der Waals surface area (Å²) in [5.74, 6) is 0. The maximum absolute atomic E-state index is 5.63. The lowest BCUT2D eigenvalue weighted by molar-refractivity contribution is 0.103. The first kappa shape index (κ1) is 12.3. The molecule has 2 aliphatic heterocycles. The van der Waals surface area contributed by atoms with Crippen molar-refractivity contribution in [2.24, 2.45) is 5.41 Å². The van der Waals surface area contributed by atoms with Gasteiger partial charge in [-0.2, -0.15) is 0 Å². The summed E-state index contributed by atoms with van der Waals surface area (Å²) in [6.45, 7) is 7.86. The van der Waals surface area contributed by atoms with Crippen LogP contribution in [0.4, 0.5) is 0 Å². The van der Waals surface area contributed by atoms with Crippen LogP contribution in [0.2, 0.25) is 0 Å². The van der Waals surface area contributed by atoms with Gasteiger partial charge in [0.25, 0.3) is 0 Å². The number of ether oxygens (including phenoxy) is 1. The number of hydrogen-bond acceptors (Lipinski definition) is 3. The van der Waals surface area contributed by atoms with E-state index < -0.39 is 0 Å². The van der Waals surface area contributed by atoms with Crippen LogP contribution in [0.3, 0.4) is 0 Å². The van der Waals surface area contributed by atoms with Crippen molar-refractivity contribution in [3.63, 3.8) is 0 Å². The highest BCUT2D eigenvalue weighted by Gasteiger charge is 2.30. The maximum Gasteiger partial charge on any atom is 0.0700 e. The largest absolute Gasteiger partial charge is 0.377 e. The zero-order valence-corrected chi connectivity index (χ0v) is 10.6. The highest BCUT2D eigenvalue weighted by molar-refractivity contribution is 4.86. The third-order valence-electron chi connectivity index (χ3n) is 4.21. The molecular weight excluding hydrogens is 200 g/mol. The predicted molar refractivity (Wildman–Crippen MR) is 66.7 cm³/mol. The van der Waals surface area contributed by atoms with Gasteiger partial charge in [0.2, 0.25) is 0 Å². The van der Waals surface area contributed by atoms with E-state index in [1.54, 1.807) is 0 Å². The molecule has 2 N–H and O–H groups in total. The van der Waals surface area contributed by atoms with Crippen molar-refractivity contribution in [2.45, 2.75) is 45.1 Å². The van der Waals surface area contributed by atoms with Gasteiger partial charge in [-0.3, -0.25) is 0 Å². The van der Waals surface area contributed by atoms with Gasteiger partial charge in [0.1, 0.15) is 0 Å². The van der Waals surface area contributed by atoms with Crippen LogP contribution in [0.25, 0.3) is 0 Å². The highest BCUT2D eigenvalue weighted by atomic mass is 16.5. The quantitative estimate of drug-likeness (QED) is 0.746. The van der Waals surface area contributed by atoms with Crippen molar-refractivity contribution < 1.29 is 4.74 Å². The SMILES string of the molecule is CCC1(CNCC2CCCO2)CCCNC1. The van der Waals surface area contributed by atoms with Crippen molar-refractivity contribution in [1.82, 2.24) is 10.6 Å². The molecule has 0 aromatic heterocycles. The van der Waals surface area contributed by atoms with Gasteiger partial charge in [-0.05, 0) is 44.1 Å². The van der Waals surface area contributed by atoms with Crippen molar-refractivity contribution in [3.05, 3.63) is 0 Å². The Labute approximate surface area is 99.3 Å². The average Bonchev–Trinajstić information content (AvgIpc) is 2.83. The van der Waals surface area contributed by atoms with E-state index in [1.807, 2.05) is 0 Å². The zero-order valence-electron chi connectivity index (χ0n) is 10.6. The van der Waals surface area contributed by atoms with Gasteiger partial charge >= 0.3 is 0 Å². The molecule has 2 unspecified atom stereocenters. The maximum atomic E-state index is 5.63. The molecule has 2 fully saturated rings.